The molecule has 5 nitrogen and oxygen atoms in total. The second-order valence-electron chi connectivity index (χ2n) is 5.32. The first-order valence-corrected chi connectivity index (χ1v) is 7.84. The van der Waals surface area contributed by atoms with Crippen LogP contribution in [0, 0.1) is 12.8 Å². The first kappa shape index (κ1) is 15.0. The van der Waals surface area contributed by atoms with Gasteiger partial charge in [-0.2, -0.15) is 0 Å². The lowest BCUT2D eigenvalue weighted by Crippen LogP contribution is -2.30. The number of nitrogens with zero attached hydrogens (tertiary/aromatic N) is 2. The Morgan fingerprint density at radius 3 is 3.05 bits per heavy atom. The Bertz CT molecular complexity index is 573. The molecule has 110 valence electrons. The molecule has 20 heavy (non-hydrogen) atoms. The van der Waals surface area contributed by atoms with Crippen molar-refractivity contribution in [2.24, 2.45) is 5.92 Å². The van der Waals surface area contributed by atoms with Gasteiger partial charge in [0.25, 0.3) is 0 Å². The van der Waals surface area contributed by atoms with Crippen molar-refractivity contribution >= 4 is 22.2 Å². The average Bonchev–Trinajstić information content (AvgIpc) is 2.94. The standard InChI is InChI=1S/C14H22N4OS/c1-10(2)8-16-13(19)4-5-15-9-12-11(3)17-14-18(12)6-7-20-14/h6-7,10,15H,4-5,8-9H2,1-3H3,(H,16,19). The molecule has 0 aliphatic carbocycles. The molecule has 0 atom stereocenters. The summed E-state index contributed by atoms with van der Waals surface area (Å²) in [7, 11) is 0. The zero-order valence-electron chi connectivity index (χ0n) is 12.3. The predicted octanol–water partition coefficient (Wildman–Crippen LogP) is 1.96. The van der Waals surface area contributed by atoms with Crippen molar-refractivity contribution in [2.75, 3.05) is 13.1 Å². The van der Waals surface area contributed by atoms with E-state index in [1.165, 1.54) is 5.69 Å². The number of nitrogens with one attached hydrogen (secondary N) is 2. The van der Waals surface area contributed by atoms with E-state index in [0.717, 1.165) is 23.7 Å². The molecule has 1 amide bonds. The SMILES string of the molecule is Cc1nc2sccn2c1CNCCC(=O)NCC(C)C. The third-order valence-electron chi connectivity index (χ3n) is 3.09. The van der Waals surface area contributed by atoms with E-state index in [0.29, 0.717) is 18.9 Å². The van der Waals surface area contributed by atoms with Gasteiger partial charge >= 0.3 is 0 Å². The van der Waals surface area contributed by atoms with Crippen LogP contribution in [0.3, 0.4) is 0 Å². The second-order valence-corrected chi connectivity index (χ2v) is 6.20. The molecule has 0 aliphatic heterocycles. The van der Waals surface area contributed by atoms with Gasteiger partial charge in [-0.1, -0.05) is 13.8 Å². The van der Waals surface area contributed by atoms with Crippen LogP contribution in [0.1, 0.15) is 31.7 Å². The Balaban J connectivity index is 1.75. The number of imidazole rings is 1. The fourth-order valence-corrected chi connectivity index (χ4v) is 2.75. The second kappa shape index (κ2) is 6.85. The van der Waals surface area contributed by atoms with Crippen molar-refractivity contribution in [1.29, 1.82) is 0 Å². The molecule has 0 bridgehead atoms. The van der Waals surface area contributed by atoms with E-state index in [-0.39, 0.29) is 5.91 Å². The Kier molecular flexibility index (Phi) is 5.14. The van der Waals surface area contributed by atoms with Crippen LogP contribution in [-0.2, 0) is 11.3 Å². The van der Waals surface area contributed by atoms with Gasteiger partial charge in [0.2, 0.25) is 5.91 Å². The molecular formula is C14H22N4OS. The number of hydrogen-bond donors (Lipinski definition) is 2. The number of hydrogen-bond acceptors (Lipinski definition) is 4. The van der Waals surface area contributed by atoms with E-state index in [9.17, 15) is 4.79 Å². The zero-order valence-corrected chi connectivity index (χ0v) is 13.1. The van der Waals surface area contributed by atoms with Gasteiger partial charge in [0.05, 0.1) is 11.4 Å². The molecule has 0 fully saturated rings. The molecular weight excluding hydrogens is 272 g/mol. The van der Waals surface area contributed by atoms with Crippen molar-refractivity contribution in [1.82, 2.24) is 20.0 Å². The topological polar surface area (TPSA) is 58.4 Å². The molecule has 0 aliphatic rings. The van der Waals surface area contributed by atoms with Gasteiger partial charge in [0.15, 0.2) is 4.96 Å². The van der Waals surface area contributed by atoms with E-state index in [2.05, 4.69) is 33.9 Å². The average molecular weight is 294 g/mol. The van der Waals surface area contributed by atoms with Crippen LogP contribution >= 0.6 is 11.3 Å². The van der Waals surface area contributed by atoms with E-state index in [4.69, 9.17) is 0 Å². The predicted molar refractivity (Wildman–Crippen MR) is 82.0 cm³/mol. The summed E-state index contributed by atoms with van der Waals surface area (Å²) < 4.78 is 2.10. The van der Waals surface area contributed by atoms with Gasteiger partial charge < -0.3 is 10.6 Å². The van der Waals surface area contributed by atoms with Crippen molar-refractivity contribution in [3.8, 4) is 0 Å². The fourth-order valence-electron chi connectivity index (χ4n) is 1.97. The molecule has 0 aromatic carbocycles. The van der Waals surface area contributed by atoms with E-state index in [1.54, 1.807) is 11.3 Å². The molecule has 0 saturated heterocycles. The van der Waals surface area contributed by atoms with Crippen LogP contribution in [0.2, 0.25) is 0 Å². The maximum absolute atomic E-state index is 11.6. The molecule has 0 radical (unpaired) electrons. The summed E-state index contributed by atoms with van der Waals surface area (Å²) in [5.41, 5.74) is 2.22. The molecule has 2 heterocycles. The van der Waals surface area contributed by atoms with Crippen molar-refractivity contribution in [2.45, 2.75) is 33.7 Å². The summed E-state index contributed by atoms with van der Waals surface area (Å²) in [5, 5.41) is 8.26. The largest absolute Gasteiger partial charge is 0.356 e. The molecule has 0 spiro atoms. The third-order valence-corrected chi connectivity index (χ3v) is 3.85. The summed E-state index contributed by atoms with van der Waals surface area (Å²) >= 11 is 1.64. The number of rotatable bonds is 7. The van der Waals surface area contributed by atoms with Crippen LogP contribution in [0.5, 0.6) is 0 Å². The maximum Gasteiger partial charge on any atom is 0.221 e. The molecule has 0 unspecified atom stereocenters. The van der Waals surface area contributed by atoms with Crippen LogP contribution in [0.15, 0.2) is 11.6 Å². The number of thiazole rings is 1. The lowest BCUT2D eigenvalue weighted by atomic mass is 10.2. The monoisotopic (exact) mass is 294 g/mol. The van der Waals surface area contributed by atoms with Gasteiger partial charge in [0, 0.05) is 37.6 Å². The van der Waals surface area contributed by atoms with Gasteiger partial charge in [-0.3, -0.25) is 9.20 Å². The number of fused-ring (bicyclic) bond motifs is 1. The number of aromatic nitrogens is 2. The number of carbonyl (C=O) groups is 1. The van der Waals surface area contributed by atoms with Gasteiger partial charge in [-0.15, -0.1) is 11.3 Å². The Labute approximate surface area is 123 Å². The first-order chi connectivity index (χ1) is 9.58. The zero-order chi connectivity index (χ0) is 14.5. The van der Waals surface area contributed by atoms with Crippen molar-refractivity contribution in [3.63, 3.8) is 0 Å². The number of aryl methyl sites for hydroxylation is 1. The van der Waals surface area contributed by atoms with Crippen LogP contribution in [0.25, 0.3) is 4.96 Å². The summed E-state index contributed by atoms with van der Waals surface area (Å²) in [6, 6.07) is 0. The molecule has 6 heteroatoms. The van der Waals surface area contributed by atoms with Crippen LogP contribution in [-0.4, -0.2) is 28.4 Å². The van der Waals surface area contributed by atoms with Crippen molar-refractivity contribution in [3.05, 3.63) is 23.0 Å². The molecule has 2 aromatic heterocycles. The van der Waals surface area contributed by atoms with Crippen LogP contribution < -0.4 is 10.6 Å². The minimum Gasteiger partial charge on any atom is -0.356 e. The molecule has 2 N–H and O–H groups in total. The number of carbonyl (C=O) groups excluding carboxylic acids is 1. The van der Waals surface area contributed by atoms with E-state index in [1.807, 2.05) is 18.5 Å². The highest BCUT2D eigenvalue weighted by Crippen LogP contribution is 2.16. The Hall–Kier alpha value is -1.40. The van der Waals surface area contributed by atoms with Gasteiger partial charge in [-0.25, -0.2) is 4.98 Å². The first-order valence-electron chi connectivity index (χ1n) is 6.96. The normalized spacial score (nSPS) is 11.4. The van der Waals surface area contributed by atoms with Crippen molar-refractivity contribution < 1.29 is 4.79 Å². The summed E-state index contributed by atoms with van der Waals surface area (Å²) in [5.74, 6) is 0.602. The highest BCUT2D eigenvalue weighted by Gasteiger charge is 2.09. The highest BCUT2D eigenvalue weighted by atomic mass is 32.1. The number of amides is 1. The van der Waals surface area contributed by atoms with Crippen LogP contribution in [0.4, 0.5) is 0 Å². The smallest absolute Gasteiger partial charge is 0.221 e. The summed E-state index contributed by atoms with van der Waals surface area (Å²) in [6.07, 6.45) is 2.55. The Morgan fingerprint density at radius 2 is 2.30 bits per heavy atom. The van der Waals surface area contributed by atoms with E-state index >= 15 is 0 Å². The molecule has 2 rings (SSSR count). The molecule has 0 saturated carbocycles. The third kappa shape index (κ3) is 3.80. The highest BCUT2D eigenvalue weighted by molar-refractivity contribution is 7.15. The lowest BCUT2D eigenvalue weighted by Gasteiger charge is -2.08. The van der Waals surface area contributed by atoms with Gasteiger partial charge in [-0.05, 0) is 12.8 Å². The minimum atomic E-state index is 0.108. The van der Waals surface area contributed by atoms with E-state index < -0.39 is 0 Å². The fraction of sp³-hybridized carbons (Fsp3) is 0.571. The lowest BCUT2D eigenvalue weighted by molar-refractivity contribution is -0.121. The Morgan fingerprint density at radius 1 is 1.50 bits per heavy atom. The maximum atomic E-state index is 11.6. The summed E-state index contributed by atoms with van der Waals surface area (Å²) in [6.45, 7) is 8.37. The summed E-state index contributed by atoms with van der Waals surface area (Å²) in [4.78, 5) is 17.1. The van der Waals surface area contributed by atoms with Gasteiger partial charge in [0.1, 0.15) is 0 Å². The quantitative estimate of drug-likeness (QED) is 0.768. The molecule has 2 aromatic rings. The minimum absolute atomic E-state index is 0.108.